The van der Waals surface area contributed by atoms with E-state index in [-0.39, 0.29) is 44.2 Å². The maximum Gasteiger partial charge on any atom is 0.306 e. The Bertz CT molecular complexity index is 1570. The minimum Gasteiger partial charge on any atom is -0.756 e. The van der Waals surface area contributed by atoms with Crippen molar-refractivity contribution in [2.45, 2.75) is 219 Å². The first-order valence-electron chi connectivity index (χ1n) is 25.9. The highest BCUT2D eigenvalue weighted by atomic mass is 31.2. The predicted molar refractivity (Wildman–Crippen MR) is 259 cm³/mol. The highest BCUT2D eigenvalue weighted by molar-refractivity contribution is 7.45. The van der Waals surface area contributed by atoms with Crippen molar-refractivity contribution in [1.82, 2.24) is 0 Å². The monoisotopic (exact) mass is 954 g/mol. The summed E-state index contributed by atoms with van der Waals surface area (Å²) in [7, 11) is 1.02. The Morgan fingerprint density at radius 3 is 1.89 bits per heavy atom. The predicted octanol–water partition coefficient (Wildman–Crippen LogP) is 10.5. The molecule has 0 aromatic carbocycles. The molecule has 1 aromatic heterocycles. The molecule has 0 aliphatic heterocycles. The zero-order chi connectivity index (χ0) is 48.8. The number of quaternary nitrogens is 1. The molecule has 0 bridgehead atoms. The molecule has 1 heterocycles. The number of hydrogen-bond donors (Lipinski definition) is 2. The summed E-state index contributed by atoms with van der Waals surface area (Å²) in [6.45, 7) is 8.20. The number of hydrogen-bond acceptors (Lipinski definition) is 12. The molecular weight excluding hydrogens is 862 g/mol. The molecule has 0 radical (unpaired) electrons. The number of phosphoric acid groups is 1. The summed E-state index contributed by atoms with van der Waals surface area (Å²) >= 11 is 0. The Morgan fingerprint density at radius 1 is 0.773 bits per heavy atom. The van der Waals surface area contributed by atoms with Crippen molar-refractivity contribution in [3.8, 4) is 0 Å². The van der Waals surface area contributed by atoms with Crippen LogP contribution in [-0.2, 0) is 50.3 Å². The lowest BCUT2D eigenvalue weighted by Gasteiger charge is -2.28. The van der Waals surface area contributed by atoms with Crippen molar-refractivity contribution in [2.75, 3.05) is 47.5 Å². The third-order valence-corrected chi connectivity index (χ3v) is 13.9. The van der Waals surface area contributed by atoms with E-state index in [4.69, 9.17) is 22.9 Å². The number of ketones is 1. The van der Waals surface area contributed by atoms with Crippen LogP contribution < -0.4 is 4.89 Å². The molecule has 14 heteroatoms. The lowest BCUT2D eigenvalue weighted by molar-refractivity contribution is -0.870. The number of carbonyl (C=O) groups excluding carboxylic acids is 3. The lowest BCUT2D eigenvalue weighted by atomic mass is 9.88. The van der Waals surface area contributed by atoms with E-state index in [1.54, 1.807) is 12.2 Å². The molecular formula is C52H92NO12P. The van der Waals surface area contributed by atoms with Gasteiger partial charge < -0.3 is 42.5 Å². The van der Waals surface area contributed by atoms with Gasteiger partial charge in [0.2, 0.25) is 0 Å². The smallest absolute Gasteiger partial charge is 0.306 e. The Labute approximate surface area is 399 Å². The van der Waals surface area contributed by atoms with Gasteiger partial charge in [0.15, 0.2) is 6.10 Å². The molecule has 1 unspecified atom stereocenters. The molecule has 66 heavy (non-hydrogen) atoms. The SMILES string of the molecule is CCCCCc1oc(CCCCCCCCCCCCC(=O)O[C@H](COC(=O)CCCCCC[C@H]2[C@@H](O)CC(=O)[C@@H]2/C=C/[C@@H](O)CCCCC)COP(=O)([O-])OCC[N+](C)(C)C)c(C)c1C. The maximum atomic E-state index is 12.8. The van der Waals surface area contributed by atoms with Gasteiger partial charge >= 0.3 is 11.9 Å². The number of phosphoric ester groups is 1. The number of aryl methyl sites for hydroxylation is 2. The topological polar surface area (TPSA) is 182 Å². The van der Waals surface area contributed by atoms with E-state index in [2.05, 4.69) is 27.7 Å². The van der Waals surface area contributed by atoms with Crippen molar-refractivity contribution in [1.29, 1.82) is 0 Å². The van der Waals surface area contributed by atoms with Gasteiger partial charge in [0, 0.05) is 38.0 Å². The van der Waals surface area contributed by atoms with Crippen molar-refractivity contribution < 1.29 is 61.5 Å². The first kappa shape index (κ1) is 59.7. The molecule has 0 spiro atoms. The summed E-state index contributed by atoms with van der Waals surface area (Å²) in [4.78, 5) is 50.6. The highest BCUT2D eigenvalue weighted by Crippen LogP contribution is 2.38. The van der Waals surface area contributed by atoms with E-state index >= 15 is 0 Å². The summed E-state index contributed by atoms with van der Waals surface area (Å²) in [5.41, 5.74) is 2.66. The summed E-state index contributed by atoms with van der Waals surface area (Å²) in [6.07, 6.45) is 25.3. The van der Waals surface area contributed by atoms with Crippen molar-refractivity contribution >= 4 is 25.5 Å². The van der Waals surface area contributed by atoms with Crippen molar-refractivity contribution in [2.24, 2.45) is 11.8 Å². The molecule has 1 saturated carbocycles. The number of rotatable bonds is 40. The van der Waals surface area contributed by atoms with Gasteiger partial charge in [-0.25, -0.2) is 0 Å². The van der Waals surface area contributed by atoms with Gasteiger partial charge in [0.1, 0.15) is 37.1 Å². The van der Waals surface area contributed by atoms with E-state index in [1.807, 2.05) is 21.1 Å². The number of unbranched alkanes of at least 4 members (excludes halogenated alkanes) is 16. The molecule has 1 aliphatic carbocycles. The average Bonchev–Trinajstić information content (AvgIpc) is 3.68. The van der Waals surface area contributed by atoms with Crippen LogP contribution in [0.25, 0.3) is 0 Å². The largest absolute Gasteiger partial charge is 0.756 e. The number of Topliss-reactive ketones (excluding diaryl/α,β-unsaturated/α-hetero) is 1. The molecule has 13 nitrogen and oxygen atoms in total. The van der Waals surface area contributed by atoms with E-state index in [1.165, 1.54) is 67.6 Å². The fourth-order valence-electron chi connectivity index (χ4n) is 8.50. The Kier molecular flexibility index (Phi) is 30.8. The second-order valence-corrected chi connectivity index (χ2v) is 21.3. The summed E-state index contributed by atoms with van der Waals surface area (Å²) in [6, 6.07) is 0. The van der Waals surface area contributed by atoms with Crippen LogP contribution in [0, 0.1) is 25.7 Å². The van der Waals surface area contributed by atoms with E-state index in [9.17, 15) is 34.1 Å². The van der Waals surface area contributed by atoms with Crippen LogP contribution in [0.5, 0.6) is 0 Å². The Hall–Kier alpha value is -2.38. The van der Waals surface area contributed by atoms with E-state index < -0.39 is 50.6 Å². The molecule has 2 rings (SSSR count). The zero-order valence-corrected chi connectivity index (χ0v) is 43.2. The minimum absolute atomic E-state index is 0.00361. The number of esters is 2. The fourth-order valence-corrected chi connectivity index (χ4v) is 9.23. The number of aliphatic hydroxyl groups is 2. The number of aliphatic hydroxyl groups excluding tert-OH is 2. The first-order valence-corrected chi connectivity index (χ1v) is 27.3. The number of likely N-dealkylation sites (N-methyl/N-ethyl adjacent to an activating group) is 1. The van der Waals surface area contributed by atoms with Gasteiger partial charge in [-0.1, -0.05) is 129 Å². The van der Waals surface area contributed by atoms with E-state index in [0.29, 0.717) is 36.7 Å². The number of nitrogens with zero attached hydrogens (tertiary/aromatic N) is 1. The molecule has 1 aliphatic rings. The fraction of sp³-hybridized carbons (Fsp3) is 0.827. The van der Waals surface area contributed by atoms with Gasteiger partial charge in [0.05, 0.1) is 40.0 Å². The van der Waals surface area contributed by atoms with Crippen molar-refractivity contribution in [3.63, 3.8) is 0 Å². The van der Waals surface area contributed by atoms with Crippen LogP contribution >= 0.6 is 7.82 Å². The quantitative estimate of drug-likeness (QED) is 0.0209. The molecule has 0 amide bonds. The average molecular weight is 954 g/mol. The van der Waals surface area contributed by atoms with Gasteiger partial charge in [-0.2, -0.15) is 0 Å². The number of furan rings is 1. The molecule has 1 fully saturated rings. The second-order valence-electron chi connectivity index (χ2n) is 19.9. The van der Waals surface area contributed by atoms with Crippen LogP contribution in [-0.4, -0.2) is 98.2 Å². The Balaban J connectivity index is 1.68. The second kappa shape index (κ2) is 34.0. The molecule has 1 aromatic rings. The maximum absolute atomic E-state index is 12.8. The molecule has 0 saturated heterocycles. The van der Waals surface area contributed by atoms with Crippen LogP contribution in [0.1, 0.15) is 197 Å². The normalized spacial score (nSPS) is 18.5. The standard InChI is InChI=1S/C52H92NO12P/c1-8-10-22-28-43(54)34-35-46-45(47(55)38-48(46)56)29-24-20-21-26-32-51(57)61-39-44(40-63-66(59,60)62-37-36-53(5,6)7)64-52(58)33-27-19-17-15-13-12-14-16-18-25-31-50-42(4)41(3)49(65-50)30-23-11-9-2/h34-35,43-47,54-55H,8-33,36-40H2,1-7H3/b35-34+/t43-,44+,45+,46+,47-/m0/s1. The highest BCUT2D eigenvalue weighted by Gasteiger charge is 2.39. The lowest BCUT2D eigenvalue weighted by Crippen LogP contribution is -2.37. The minimum atomic E-state index is -4.70. The van der Waals surface area contributed by atoms with Crippen LogP contribution in [0.4, 0.5) is 0 Å². The van der Waals surface area contributed by atoms with Gasteiger partial charge in [-0.15, -0.1) is 0 Å². The van der Waals surface area contributed by atoms with Crippen LogP contribution in [0.2, 0.25) is 0 Å². The molecule has 6 atom stereocenters. The van der Waals surface area contributed by atoms with Crippen molar-refractivity contribution in [3.05, 3.63) is 34.8 Å². The Morgan fingerprint density at radius 2 is 1.30 bits per heavy atom. The van der Waals surface area contributed by atoms with Crippen LogP contribution in [0.15, 0.2) is 16.6 Å². The zero-order valence-electron chi connectivity index (χ0n) is 42.3. The summed E-state index contributed by atoms with van der Waals surface area (Å²) < 4.78 is 40.3. The van der Waals surface area contributed by atoms with Gasteiger partial charge in [-0.05, 0) is 69.4 Å². The summed E-state index contributed by atoms with van der Waals surface area (Å²) in [5, 5.41) is 20.8. The molecule has 2 N–H and O–H groups in total. The number of allylic oxidation sites excluding steroid dienone is 1. The van der Waals surface area contributed by atoms with Crippen LogP contribution in [0.3, 0.4) is 0 Å². The van der Waals surface area contributed by atoms with E-state index in [0.717, 1.165) is 83.5 Å². The summed E-state index contributed by atoms with van der Waals surface area (Å²) in [5.74, 6) is 0.768. The third kappa shape index (κ3) is 27.0. The first-order chi connectivity index (χ1) is 31.5. The number of ether oxygens (including phenoxy) is 2. The third-order valence-electron chi connectivity index (χ3n) is 12.9. The van der Waals surface area contributed by atoms with Gasteiger partial charge in [-0.3, -0.25) is 18.9 Å². The number of carbonyl (C=O) groups is 3. The van der Waals surface area contributed by atoms with Gasteiger partial charge in [0.25, 0.3) is 7.82 Å². The molecule has 382 valence electrons.